The predicted molar refractivity (Wildman–Crippen MR) is 72.3 cm³/mol. The lowest BCUT2D eigenvalue weighted by molar-refractivity contribution is 0.0780. The lowest BCUT2D eigenvalue weighted by atomic mass is 10.0. The van der Waals surface area contributed by atoms with Gasteiger partial charge in [0.2, 0.25) is 0 Å². The summed E-state index contributed by atoms with van der Waals surface area (Å²) in [4.78, 5) is 14.5. The fraction of sp³-hybridized carbons (Fsp3) is 0.533. The van der Waals surface area contributed by atoms with Crippen molar-refractivity contribution in [3.63, 3.8) is 0 Å². The minimum atomic E-state index is 0.174. The molecule has 2 aliphatic rings. The summed E-state index contributed by atoms with van der Waals surface area (Å²) >= 11 is 0. The molecular weight excluding hydrogens is 224 g/mol. The van der Waals surface area contributed by atoms with Crippen molar-refractivity contribution >= 4 is 11.6 Å². The fourth-order valence-electron chi connectivity index (χ4n) is 3.39. The number of aryl methyl sites for hydroxylation is 1. The standard InChI is InChI=1S/C15H20N2O/c1-10-7-11(5-6-14(10)16)15(18)17-8-12-3-2-4-13(12)9-17/h5-7,12-13H,2-4,8-9,16H2,1H3. The molecule has 2 unspecified atom stereocenters. The number of nitrogens with zero attached hydrogens (tertiary/aromatic N) is 1. The highest BCUT2D eigenvalue weighted by Crippen LogP contribution is 2.38. The molecule has 0 aromatic heterocycles. The Balaban J connectivity index is 1.77. The number of amides is 1. The number of hydrogen-bond acceptors (Lipinski definition) is 2. The minimum Gasteiger partial charge on any atom is -0.399 e. The Morgan fingerprint density at radius 1 is 1.28 bits per heavy atom. The number of rotatable bonds is 1. The Bertz CT molecular complexity index is 471. The average Bonchev–Trinajstić information content (AvgIpc) is 2.92. The first-order valence-corrected chi connectivity index (χ1v) is 6.80. The van der Waals surface area contributed by atoms with Gasteiger partial charge < -0.3 is 10.6 Å². The van der Waals surface area contributed by atoms with E-state index in [0.717, 1.165) is 41.7 Å². The van der Waals surface area contributed by atoms with E-state index in [1.54, 1.807) is 0 Å². The number of carbonyl (C=O) groups excluding carboxylic acids is 1. The quantitative estimate of drug-likeness (QED) is 0.771. The Kier molecular flexibility index (Phi) is 2.77. The zero-order valence-corrected chi connectivity index (χ0v) is 10.9. The van der Waals surface area contributed by atoms with Crippen molar-refractivity contribution in [1.29, 1.82) is 0 Å². The molecule has 1 aliphatic carbocycles. The monoisotopic (exact) mass is 244 g/mol. The molecule has 1 aliphatic heterocycles. The molecule has 0 spiro atoms. The highest BCUT2D eigenvalue weighted by molar-refractivity contribution is 5.95. The molecular formula is C15H20N2O. The van der Waals surface area contributed by atoms with Gasteiger partial charge >= 0.3 is 0 Å². The van der Waals surface area contributed by atoms with E-state index in [4.69, 9.17) is 5.73 Å². The third-order valence-electron chi connectivity index (χ3n) is 4.53. The zero-order chi connectivity index (χ0) is 12.7. The maximum atomic E-state index is 12.4. The predicted octanol–water partition coefficient (Wildman–Crippen LogP) is 2.45. The molecule has 96 valence electrons. The van der Waals surface area contributed by atoms with Gasteiger partial charge in [-0.05, 0) is 55.4 Å². The third-order valence-corrected chi connectivity index (χ3v) is 4.53. The van der Waals surface area contributed by atoms with Crippen LogP contribution in [0.3, 0.4) is 0 Å². The van der Waals surface area contributed by atoms with E-state index in [1.165, 1.54) is 19.3 Å². The molecule has 0 bridgehead atoms. The van der Waals surface area contributed by atoms with Crippen LogP contribution in [0, 0.1) is 18.8 Å². The largest absolute Gasteiger partial charge is 0.399 e. The van der Waals surface area contributed by atoms with Gasteiger partial charge in [-0.2, -0.15) is 0 Å². The number of nitrogen functional groups attached to an aromatic ring is 1. The number of nitrogens with two attached hydrogens (primary N) is 1. The Morgan fingerprint density at radius 3 is 2.56 bits per heavy atom. The molecule has 1 saturated heterocycles. The third kappa shape index (κ3) is 1.88. The van der Waals surface area contributed by atoms with Crippen LogP contribution in [0.5, 0.6) is 0 Å². The summed E-state index contributed by atoms with van der Waals surface area (Å²) in [5.74, 6) is 1.68. The van der Waals surface area contributed by atoms with Crippen molar-refractivity contribution in [3.05, 3.63) is 29.3 Å². The SMILES string of the molecule is Cc1cc(C(=O)N2CC3CCCC3C2)ccc1N. The second-order valence-electron chi connectivity index (χ2n) is 5.73. The zero-order valence-electron chi connectivity index (χ0n) is 10.9. The molecule has 1 amide bonds. The number of anilines is 1. The van der Waals surface area contributed by atoms with E-state index in [1.807, 2.05) is 30.0 Å². The molecule has 2 N–H and O–H groups in total. The molecule has 1 saturated carbocycles. The Labute approximate surface area is 108 Å². The van der Waals surface area contributed by atoms with Gasteiger partial charge in [0.1, 0.15) is 0 Å². The molecule has 3 rings (SSSR count). The summed E-state index contributed by atoms with van der Waals surface area (Å²) in [6.45, 7) is 3.85. The number of fused-ring (bicyclic) bond motifs is 1. The number of hydrogen-bond donors (Lipinski definition) is 1. The first-order valence-electron chi connectivity index (χ1n) is 6.80. The second kappa shape index (κ2) is 4.30. The van der Waals surface area contributed by atoms with Gasteiger partial charge in [-0.25, -0.2) is 0 Å². The van der Waals surface area contributed by atoms with E-state index in [0.29, 0.717) is 0 Å². The van der Waals surface area contributed by atoms with Crippen LogP contribution in [-0.4, -0.2) is 23.9 Å². The number of benzene rings is 1. The van der Waals surface area contributed by atoms with Crippen molar-refractivity contribution in [2.75, 3.05) is 18.8 Å². The highest BCUT2D eigenvalue weighted by Gasteiger charge is 2.38. The first-order chi connectivity index (χ1) is 8.65. The van der Waals surface area contributed by atoms with E-state index in [-0.39, 0.29) is 5.91 Å². The van der Waals surface area contributed by atoms with Crippen LogP contribution in [0.15, 0.2) is 18.2 Å². The Hall–Kier alpha value is -1.51. The maximum Gasteiger partial charge on any atom is 0.253 e. The highest BCUT2D eigenvalue weighted by atomic mass is 16.2. The smallest absolute Gasteiger partial charge is 0.253 e. The summed E-state index contributed by atoms with van der Waals surface area (Å²) in [6, 6.07) is 5.59. The van der Waals surface area contributed by atoms with Crippen molar-refractivity contribution in [3.8, 4) is 0 Å². The lowest BCUT2D eigenvalue weighted by Gasteiger charge is -2.17. The van der Waals surface area contributed by atoms with Gasteiger partial charge in [0.05, 0.1) is 0 Å². The molecule has 0 radical (unpaired) electrons. The molecule has 18 heavy (non-hydrogen) atoms. The summed E-state index contributed by atoms with van der Waals surface area (Å²) in [5, 5.41) is 0. The van der Waals surface area contributed by atoms with Gasteiger partial charge in [-0.15, -0.1) is 0 Å². The van der Waals surface area contributed by atoms with Crippen molar-refractivity contribution in [2.45, 2.75) is 26.2 Å². The normalized spacial score (nSPS) is 26.4. The van der Waals surface area contributed by atoms with Gasteiger partial charge in [-0.3, -0.25) is 4.79 Å². The van der Waals surface area contributed by atoms with E-state index >= 15 is 0 Å². The van der Waals surface area contributed by atoms with Crippen LogP contribution in [0.1, 0.15) is 35.2 Å². The summed E-state index contributed by atoms with van der Waals surface area (Å²) in [5.41, 5.74) is 8.31. The van der Waals surface area contributed by atoms with Gasteiger partial charge in [0, 0.05) is 24.3 Å². The maximum absolute atomic E-state index is 12.4. The van der Waals surface area contributed by atoms with E-state index in [9.17, 15) is 4.79 Å². The van der Waals surface area contributed by atoms with Crippen molar-refractivity contribution in [1.82, 2.24) is 4.90 Å². The van der Waals surface area contributed by atoms with Crippen LogP contribution in [-0.2, 0) is 0 Å². The molecule has 3 heteroatoms. The molecule has 1 aromatic rings. The topological polar surface area (TPSA) is 46.3 Å². The first kappa shape index (κ1) is 11.6. The second-order valence-corrected chi connectivity index (χ2v) is 5.73. The van der Waals surface area contributed by atoms with Crippen LogP contribution in [0.4, 0.5) is 5.69 Å². The molecule has 3 nitrogen and oxygen atoms in total. The van der Waals surface area contributed by atoms with Crippen LogP contribution in [0.25, 0.3) is 0 Å². The summed E-state index contributed by atoms with van der Waals surface area (Å²) < 4.78 is 0. The van der Waals surface area contributed by atoms with E-state index in [2.05, 4.69) is 0 Å². The van der Waals surface area contributed by atoms with Crippen LogP contribution < -0.4 is 5.73 Å². The van der Waals surface area contributed by atoms with Gasteiger partial charge in [0.15, 0.2) is 0 Å². The molecule has 2 atom stereocenters. The van der Waals surface area contributed by atoms with Crippen LogP contribution >= 0.6 is 0 Å². The van der Waals surface area contributed by atoms with Gasteiger partial charge in [0.25, 0.3) is 5.91 Å². The number of likely N-dealkylation sites (tertiary alicyclic amines) is 1. The number of carbonyl (C=O) groups is 1. The Morgan fingerprint density at radius 2 is 1.94 bits per heavy atom. The van der Waals surface area contributed by atoms with Gasteiger partial charge in [-0.1, -0.05) is 6.42 Å². The minimum absolute atomic E-state index is 0.174. The summed E-state index contributed by atoms with van der Waals surface area (Å²) in [7, 11) is 0. The molecule has 1 heterocycles. The lowest BCUT2D eigenvalue weighted by Crippen LogP contribution is -2.29. The van der Waals surface area contributed by atoms with Crippen LogP contribution in [0.2, 0.25) is 0 Å². The van der Waals surface area contributed by atoms with Crippen molar-refractivity contribution < 1.29 is 4.79 Å². The van der Waals surface area contributed by atoms with Crippen molar-refractivity contribution in [2.24, 2.45) is 11.8 Å². The van der Waals surface area contributed by atoms with E-state index < -0.39 is 0 Å². The molecule has 1 aromatic carbocycles. The average molecular weight is 244 g/mol. The summed E-state index contributed by atoms with van der Waals surface area (Å²) in [6.07, 6.45) is 3.95. The molecule has 2 fully saturated rings. The fourth-order valence-corrected chi connectivity index (χ4v) is 3.39.